The van der Waals surface area contributed by atoms with Crippen LogP contribution in [0.1, 0.15) is 0 Å². The van der Waals surface area contributed by atoms with Crippen LogP contribution in [0.5, 0.6) is 5.75 Å². The molecule has 6 nitrogen and oxygen atoms in total. The molecule has 0 saturated carbocycles. The van der Waals surface area contributed by atoms with E-state index >= 15 is 0 Å². The molecule has 0 aliphatic heterocycles. The van der Waals surface area contributed by atoms with Gasteiger partial charge < -0.3 is 10.1 Å². The van der Waals surface area contributed by atoms with Crippen LogP contribution < -0.4 is 15.6 Å². The smallest absolute Gasteiger partial charge is 0.266 e. The zero-order chi connectivity index (χ0) is 17.6. The number of nitrogens with zero attached hydrogens (tertiary/aromatic N) is 2. The quantitative estimate of drug-likeness (QED) is 0.777. The molecule has 25 heavy (non-hydrogen) atoms. The molecule has 0 bridgehead atoms. The molecular formula is C19H17N3O3. The van der Waals surface area contributed by atoms with Crippen molar-refractivity contribution >= 4 is 11.6 Å². The third kappa shape index (κ3) is 4.32. The van der Waals surface area contributed by atoms with Gasteiger partial charge in [0.25, 0.3) is 11.5 Å². The van der Waals surface area contributed by atoms with Gasteiger partial charge in [-0.2, -0.15) is 5.10 Å². The molecule has 1 amide bonds. The van der Waals surface area contributed by atoms with Gasteiger partial charge in [0.1, 0.15) is 5.75 Å². The second-order valence-electron chi connectivity index (χ2n) is 5.41. The van der Waals surface area contributed by atoms with Crippen molar-refractivity contribution in [3.8, 4) is 17.0 Å². The molecule has 0 radical (unpaired) electrons. The van der Waals surface area contributed by atoms with Gasteiger partial charge in [0.15, 0.2) is 6.61 Å². The van der Waals surface area contributed by atoms with E-state index in [0.29, 0.717) is 17.1 Å². The zero-order valence-corrected chi connectivity index (χ0v) is 13.7. The second-order valence-corrected chi connectivity index (χ2v) is 5.41. The Labute approximate surface area is 144 Å². The fourth-order valence-electron chi connectivity index (χ4n) is 2.28. The summed E-state index contributed by atoms with van der Waals surface area (Å²) in [6, 6.07) is 19.5. The van der Waals surface area contributed by atoms with Crippen LogP contribution in [0.3, 0.4) is 0 Å². The first kappa shape index (κ1) is 16.4. The number of carbonyl (C=O) groups is 1. The lowest BCUT2D eigenvalue weighted by atomic mass is 10.1. The lowest BCUT2D eigenvalue weighted by molar-refractivity contribution is -0.118. The Morgan fingerprint density at radius 2 is 1.88 bits per heavy atom. The van der Waals surface area contributed by atoms with E-state index in [4.69, 9.17) is 4.74 Å². The van der Waals surface area contributed by atoms with E-state index in [0.717, 1.165) is 5.56 Å². The summed E-state index contributed by atoms with van der Waals surface area (Å²) in [7, 11) is 1.60. The number of hydrogen-bond donors (Lipinski definition) is 1. The van der Waals surface area contributed by atoms with E-state index in [-0.39, 0.29) is 18.1 Å². The number of para-hydroxylation sites is 1. The van der Waals surface area contributed by atoms with E-state index in [1.165, 1.54) is 10.7 Å². The van der Waals surface area contributed by atoms with Gasteiger partial charge in [0.05, 0.1) is 5.69 Å². The van der Waals surface area contributed by atoms with Gasteiger partial charge in [-0.15, -0.1) is 0 Å². The van der Waals surface area contributed by atoms with Gasteiger partial charge in [-0.3, -0.25) is 9.59 Å². The van der Waals surface area contributed by atoms with Gasteiger partial charge in [0.2, 0.25) is 0 Å². The number of carbonyl (C=O) groups excluding carboxylic acids is 1. The summed E-state index contributed by atoms with van der Waals surface area (Å²) in [5.41, 5.74) is 1.91. The van der Waals surface area contributed by atoms with E-state index in [1.807, 2.05) is 30.3 Å². The van der Waals surface area contributed by atoms with Gasteiger partial charge in [-0.1, -0.05) is 30.3 Å². The molecule has 1 N–H and O–H groups in total. The lowest BCUT2D eigenvalue weighted by Gasteiger charge is -2.09. The minimum Gasteiger partial charge on any atom is -0.484 e. The molecule has 0 aliphatic rings. The molecule has 0 fully saturated rings. The van der Waals surface area contributed by atoms with Gasteiger partial charge >= 0.3 is 0 Å². The molecule has 126 valence electrons. The van der Waals surface area contributed by atoms with Crippen molar-refractivity contribution < 1.29 is 9.53 Å². The Morgan fingerprint density at radius 1 is 1.08 bits per heavy atom. The number of nitrogens with one attached hydrogen (secondary N) is 1. The maximum absolute atomic E-state index is 12.0. The van der Waals surface area contributed by atoms with Crippen LogP contribution in [-0.4, -0.2) is 22.3 Å². The normalized spacial score (nSPS) is 10.3. The largest absolute Gasteiger partial charge is 0.484 e. The Kier molecular flexibility index (Phi) is 4.89. The zero-order valence-electron chi connectivity index (χ0n) is 13.7. The number of rotatable bonds is 5. The molecule has 0 aliphatic carbocycles. The molecule has 0 saturated heterocycles. The van der Waals surface area contributed by atoms with Crippen LogP contribution in [0.2, 0.25) is 0 Å². The van der Waals surface area contributed by atoms with Crippen molar-refractivity contribution in [2.75, 3.05) is 11.9 Å². The predicted molar refractivity (Wildman–Crippen MR) is 95.5 cm³/mol. The third-order valence-corrected chi connectivity index (χ3v) is 3.52. The number of aromatic nitrogens is 2. The predicted octanol–water partition coefficient (Wildman–Crippen LogP) is 2.46. The first-order valence-electron chi connectivity index (χ1n) is 7.74. The lowest BCUT2D eigenvalue weighted by Crippen LogP contribution is -2.20. The molecule has 3 aromatic rings. The molecular weight excluding hydrogens is 318 g/mol. The van der Waals surface area contributed by atoms with Crippen molar-refractivity contribution in [1.82, 2.24) is 9.78 Å². The number of amides is 1. The summed E-state index contributed by atoms with van der Waals surface area (Å²) in [5, 5.41) is 6.99. The molecule has 0 unspecified atom stereocenters. The molecule has 2 aromatic carbocycles. The number of ether oxygens (including phenoxy) is 1. The number of aryl methyl sites for hydroxylation is 1. The minimum atomic E-state index is -0.255. The fourth-order valence-corrected chi connectivity index (χ4v) is 2.28. The second kappa shape index (κ2) is 7.44. The number of benzene rings is 2. The standard InChI is InChI=1S/C19H17N3O3/c1-22-19(24)11-10-17(21-22)14-6-5-7-15(12-14)20-18(23)13-25-16-8-3-2-4-9-16/h2-12H,13H2,1H3,(H,20,23). The molecule has 6 heteroatoms. The summed E-state index contributed by atoms with van der Waals surface area (Å²) in [5.74, 6) is 0.384. The van der Waals surface area contributed by atoms with E-state index in [2.05, 4.69) is 10.4 Å². The summed E-state index contributed by atoms with van der Waals surface area (Å²) in [6.45, 7) is -0.0771. The monoisotopic (exact) mass is 335 g/mol. The van der Waals surface area contributed by atoms with Crippen LogP contribution in [0, 0.1) is 0 Å². The average Bonchev–Trinajstić information content (AvgIpc) is 2.63. The van der Waals surface area contributed by atoms with Crippen LogP contribution in [-0.2, 0) is 11.8 Å². The SMILES string of the molecule is Cn1nc(-c2cccc(NC(=O)COc3ccccc3)c2)ccc1=O. The fraction of sp³-hybridized carbons (Fsp3) is 0.105. The maximum atomic E-state index is 12.0. The first-order valence-corrected chi connectivity index (χ1v) is 7.74. The van der Waals surface area contributed by atoms with Crippen LogP contribution in [0.15, 0.2) is 71.5 Å². The van der Waals surface area contributed by atoms with Crippen LogP contribution in [0.4, 0.5) is 5.69 Å². The minimum absolute atomic E-state index is 0.0771. The van der Waals surface area contributed by atoms with Gasteiger partial charge in [0, 0.05) is 24.4 Å². The van der Waals surface area contributed by atoms with Crippen LogP contribution in [0.25, 0.3) is 11.3 Å². The molecule has 3 rings (SSSR count). The van der Waals surface area contributed by atoms with Crippen molar-refractivity contribution in [3.63, 3.8) is 0 Å². The van der Waals surface area contributed by atoms with E-state index in [1.54, 1.807) is 37.4 Å². The Balaban J connectivity index is 1.68. The van der Waals surface area contributed by atoms with Crippen molar-refractivity contribution in [1.29, 1.82) is 0 Å². The van der Waals surface area contributed by atoms with E-state index in [9.17, 15) is 9.59 Å². The Hall–Kier alpha value is -3.41. The van der Waals surface area contributed by atoms with Gasteiger partial charge in [-0.25, -0.2) is 4.68 Å². The molecule has 1 aromatic heterocycles. The van der Waals surface area contributed by atoms with Gasteiger partial charge in [-0.05, 0) is 30.3 Å². The Morgan fingerprint density at radius 3 is 2.64 bits per heavy atom. The van der Waals surface area contributed by atoms with Crippen molar-refractivity contribution in [3.05, 3.63) is 77.1 Å². The highest BCUT2D eigenvalue weighted by molar-refractivity contribution is 5.92. The van der Waals surface area contributed by atoms with E-state index < -0.39 is 0 Å². The summed E-state index contributed by atoms with van der Waals surface area (Å²) in [6.07, 6.45) is 0. The number of anilines is 1. The summed E-state index contributed by atoms with van der Waals surface area (Å²) < 4.78 is 6.69. The molecule has 1 heterocycles. The third-order valence-electron chi connectivity index (χ3n) is 3.52. The summed E-state index contributed by atoms with van der Waals surface area (Å²) >= 11 is 0. The number of hydrogen-bond acceptors (Lipinski definition) is 4. The Bertz CT molecular complexity index is 936. The van der Waals surface area contributed by atoms with Crippen molar-refractivity contribution in [2.24, 2.45) is 7.05 Å². The molecule has 0 atom stereocenters. The molecule has 0 spiro atoms. The average molecular weight is 335 g/mol. The first-order chi connectivity index (χ1) is 12.1. The highest BCUT2D eigenvalue weighted by atomic mass is 16.5. The summed E-state index contributed by atoms with van der Waals surface area (Å²) in [4.78, 5) is 23.5. The highest BCUT2D eigenvalue weighted by Gasteiger charge is 2.06. The topological polar surface area (TPSA) is 73.2 Å². The van der Waals surface area contributed by atoms with Crippen LogP contribution >= 0.6 is 0 Å². The highest BCUT2D eigenvalue weighted by Crippen LogP contribution is 2.20. The van der Waals surface area contributed by atoms with Crippen molar-refractivity contribution in [2.45, 2.75) is 0 Å². The maximum Gasteiger partial charge on any atom is 0.266 e.